The lowest BCUT2D eigenvalue weighted by Crippen LogP contribution is -2.42. The van der Waals surface area contributed by atoms with E-state index in [0.29, 0.717) is 0 Å². The van der Waals surface area contributed by atoms with E-state index in [-0.39, 0.29) is 5.66 Å². The van der Waals surface area contributed by atoms with E-state index in [4.69, 9.17) is 0 Å². The van der Waals surface area contributed by atoms with Gasteiger partial charge in [0.25, 0.3) is 0 Å². The molecule has 106 valence electrons. The SMILES string of the molecule is CC1(C)NCCN1.c1ccc(Cc2ccccc2)cc1. The van der Waals surface area contributed by atoms with Gasteiger partial charge in [0.05, 0.1) is 5.66 Å². The first kappa shape index (κ1) is 14.8. The fourth-order valence-electron chi connectivity index (χ4n) is 2.24. The van der Waals surface area contributed by atoms with Crippen LogP contribution in [0.2, 0.25) is 0 Å². The molecular formula is C18H24N2. The molecule has 1 aliphatic rings. The van der Waals surface area contributed by atoms with Gasteiger partial charge in [-0.25, -0.2) is 0 Å². The predicted octanol–water partition coefficient (Wildman–Crippen LogP) is 3.19. The van der Waals surface area contributed by atoms with Gasteiger partial charge in [0.2, 0.25) is 0 Å². The molecule has 1 heterocycles. The molecule has 3 rings (SSSR count). The highest BCUT2D eigenvalue weighted by Crippen LogP contribution is 2.07. The van der Waals surface area contributed by atoms with Crippen LogP contribution in [0.1, 0.15) is 25.0 Å². The van der Waals surface area contributed by atoms with E-state index >= 15 is 0 Å². The molecule has 2 N–H and O–H groups in total. The Balaban J connectivity index is 0.000000178. The van der Waals surface area contributed by atoms with Gasteiger partial charge in [-0.05, 0) is 31.4 Å². The van der Waals surface area contributed by atoms with E-state index in [0.717, 1.165) is 19.5 Å². The summed E-state index contributed by atoms with van der Waals surface area (Å²) in [6.45, 7) is 6.49. The monoisotopic (exact) mass is 268 g/mol. The van der Waals surface area contributed by atoms with E-state index in [2.05, 4.69) is 85.1 Å². The summed E-state index contributed by atoms with van der Waals surface area (Å²) in [5.41, 5.74) is 2.93. The van der Waals surface area contributed by atoms with Crippen LogP contribution in [0.5, 0.6) is 0 Å². The molecule has 0 radical (unpaired) electrons. The summed E-state index contributed by atoms with van der Waals surface area (Å²) in [6, 6.07) is 21.1. The smallest absolute Gasteiger partial charge is 0.0630 e. The number of benzene rings is 2. The molecule has 2 heteroatoms. The van der Waals surface area contributed by atoms with Crippen LogP contribution in [0, 0.1) is 0 Å². The average Bonchev–Trinajstić information content (AvgIpc) is 2.86. The van der Waals surface area contributed by atoms with Gasteiger partial charge < -0.3 is 0 Å². The molecule has 0 bridgehead atoms. The van der Waals surface area contributed by atoms with Crippen molar-refractivity contribution in [2.45, 2.75) is 25.9 Å². The highest BCUT2D eigenvalue weighted by Gasteiger charge is 2.19. The first-order valence-corrected chi connectivity index (χ1v) is 7.24. The zero-order valence-electron chi connectivity index (χ0n) is 12.4. The summed E-state index contributed by atoms with van der Waals surface area (Å²) in [5.74, 6) is 0. The molecule has 2 aromatic carbocycles. The molecule has 0 saturated carbocycles. The van der Waals surface area contributed by atoms with Crippen LogP contribution in [-0.2, 0) is 6.42 Å². The maximum atomic E-state index is 3.28. The fourth-order valence-corrected chi connectivity index (χ4v) is 2.24. The second-order valence-electron chi connectivity index (χ2n) is 5.63. The minimum absolute atomic E-state index is 0.194. The molecule has 0 aliphatic carbocycles. The normalized spacial score (nSPS) is 16.3. The van der Waals surface area contributed by atoms with E-state index in [1.165, 1.54) is 11.1 Å². The van der Waals surface area contributed by atoms with Gasteiger partial charge in [-0.15, -0.1) is 0 Å². The van der Waals surface area contributed by atoms with Gasteiger partial charge in [0.15, 0.2) is 0 Å². The number of hydrogen-bond donors (Lipinski definition) is 2. The molecule has 2 aromatic rings. The van der Waals surface area contributed by atoms with Crippen molar-refractivity contribution in [3.63, 3.8) is 0 Å². The second kappa shape index (κ2) is 7.22. The topological polar surface area (TPSA) is 24.1 Å². The first-order valence-electron chi connectivity index (χ1n) is 7.24. The predicted molar refractivity (Wildman–Crippen MR) is 85.8 cm³/mol. The standard InChI is InChI=1S/C13H12.C5H12N2/c1-3-7-12(8-4-1)11-13-9-5-2-6-10-13;1-5(2)6-3-4-7-5/h1-10H,11H2;6-7H,3-4H2,1-2H3. The number of nitrogens with one attached hydrogen (secondary N) is 2. The molecule has 1 saturated heterocycles. The Morgan fingerprint density at radius 2 is 1.15 bits per heavy atom. The lowest BCUT2D eigenvalue weighted by molar-refractivity contribution is 0.411. The van der Waals surface area contributed by atoms with Gasteiger partial charge in [0.1, 0.15) is 0 Å². The third-order valence-corrected chi connectivity index (χ3v) is 3.35. The lowest BCUT2D eigenvalue weighted by Gasteiger charge is -2.16. The molecule has 1 aliphatic heterocycles. The first-order chi connectivity index (χ1) is 9.66. The van der Waals surface area contributed by atoms with Gasteiger partial charge >= 0.3 is 0 Å². The van der Waals surface area contributed by atoms with Crippen molar-refractivity contribution in [2.75, 3.05) is 13.1 Å². The van der Waals surface area contributed by atoms with Crippen LogP contribution >= 0.6 is 0 Å². The van der Waals surface area contributed by atoms with E-state index in [1.807, 2.05) is 0 Å². The summed E-state index contributed by atoms with van der Waals surface area (Å²) in [5, 5.41) is 6.57. The Hall–Kier alpha value is -1.64. The fraction of sp³-hybridized carbons (Fsp3) is 0.333. The molecule has 0 atom stereocenters. The number of rotatable bonds is 2. The Bertz CT molecular complexity index is 446. The van der Waals surface area contributed by atoms with Crippen LogP contribution in [0.15, 0.2) is 60.7 Å². The maximum absolute atomic E-state index is 3.28. The Morgan fingerprint density at radius 1 is 0.750 bits per heavy atom. The second-order valence-corrected chi connectivity index (χ2v) is 5.63. The molecule has 0 aromatic heterocycles. The van der Waals surface area contributed by atoms with Crippen molar-refractivity contribution < 1.29 is 0 Å². The summed E-state index contributed by atoms with van der Waals surface area (Å²) in [6.07, 6.45) is 1.03. The van der Waals surface area contributed by atoms with E-state index in [9.17, 15) is 0 Å². The summed E-state index contributed by atoms with van der Waals surface area (Å²) >= 11 is 0. The van der Waals surface area contributed by atoms with Crippen LogP contribution < -0.4 is 10.6 Å². The molecule has 1 fully saturated rings. The van der Waals surface area contributed by atoms with Crippen molar-refractivity contribution in [1.82, 2.24) is 10.6 Å². The molecular weight excluding hydrogens is 244 g/mol. The summed E-state index contributed by atoms with van der Waals surface area (Å²) < 4.78 is 0. The summed E-state index contributed by atoms with van der Waals surface area (Å²) in [4.78, 5) is 0. The third-order valence-electron chi connectivity index (χ3n) is 3.35. The van der Waals surface area contributed by atoms with Crippen LogP contribution in [0.3, 0.4) is 0 Å². The molecule has 0 amide bonds. The van der Waals surface area contributed by atoms with Crippen LogP contribution in [0.4, 0.5) is 0 Å². The van der Waals surface area contributed by atoms with Crippen molar-refractivity contribution >= 4 is 0 Å². The third kappa shape index (κ3) is 5.16. The highest BCUT2D eigenvalue weighted by atomic mass is 15.2. The minimum atomic E-state index is 0.194. The molecule has 20 heavy (non-hydrogen) atoms. The quantitative estimate of drug-likeness (QED) is 0.874. The van der Waals surface area contributed by atoms with Crippen molar-refractivity contribution in [3.8, 4) is 0 Å². The molecule has 2 nitrogen and oxygen atoms in total. The maximum Gasteiger partial charge on any atom is 0.0630 e. The Labute approximate surface area is 122 Å². The zero-order chi connectivity index (χ0) is 14.3. The number of hydrogen-bond acceptors (Lipinski definition) is 2. The van der Waals surface area contributed by atoms with Gasteiger partial charge in [0, 0.05) is 13.1 Å². The van der Waals surface area contributed by atoms with Crippen LogP contribution in [0.25, 0.3) is 0 Å². The minimum Gasteiger partial charge on any atom is -0.299 e. The zero-order valence-corrected chi connectivity index (χ0v) is 12.4. The van der Waals surface area contributed by atoms with Crippen molar-refractivity contribution in [2.24, 2.45) is 0 Å². The highest BCUT2D eigenvalue weighted by molar-refractivity contribution is 5.25. The lowest BCUT2D eigenvalue weighted by atomic mass is 10.1. The Kier molecular flexibility index (Phi) is 5.33. The van der Waals surface area contributed by atoms with Crippen molar-refractivity contribution in [3.05, 3.63) is 71.8 Å². The summed E-state index contributed by atoms with van der Waals surface area (Å²) in [7, 11) is 0. The van der Waals surface area contributed by atoms with E-state index < -0.39 is 0 Å². The van der Waals surface area contributed by atoms with Crippen molar-refractivity contribution in [1.29, 1.82) is 0 Å². The molecule has 0 spiro atoms. The van der Waals surface area contributed by atoms with Crippen LogP contribution in [-0.4, -0.2) is 18.8 Å². The van der Waals surface area contributed by atoms with Gasteiger partial charge in [-0.2, -0.15) is 0 Å². The average molecular weight is 268 g/mol. The largest absolute Gasteiger partial charge is 0.299 e. The molecule has 0 unspecified atom stereocenters. The van der Waals surface area contributed by atoms with Gasteiger partial charge in [-0.1, -0.05) is 60.7 Å². The Morgan fingerprint density at radius 3 is 1.45 bits per heavy atom. The van der Waals surface area contributed by atoms with E-state index in [1.54, 1.807) is 0 Å². The van der Waals surface area contributed by atoms with Gasteiger partial charge in [-0.3, -0.25) is 10.6 Å².